The summed E-state index contributed by atoms with van der Waals surface area (Å²) in [6, 6.07) is 0. The molecule has 1 aliphatic carbocycles. The van der Waals surface area contributed by atoms with Gasteiger partial charge in [0.15, 0.2) is 0 Å². The minimum absolute atomic E-state index is 0.299. The van der Waals surface area contributed by atoms with E-state index in [-0.39, 0.29) is 6.10 Å². The average Bonchev–Trinajstić information content (AvgIpc) is 2.85. The van der Waals surface area contributed by atoms with Crippen molar-refractivity contribution in [2.24, 2.45) is 0 Å². The molecule has 1 saturated carbocycles. The highest BCUT2D eigenvalue weighted by atomic mass is 32.2. The molecule has 0 aromatic carbocycles. The monoisotopic (exact) mass is 283 g/mol. The number of aliphatic hydroxyl groups is 1. The van der Waals surface area contributed by atoms with Gasteiger partial charge >= 0.3 is 0 Å². The Kier molecular flexibility index (Phi) is 6.17. The van der Waals surface area contributed by atoms with Gasteiger partial charge < -0.3 is 5.11 Å². The maximum atomic E-state index is 10.1. The van der Waals surface area contributed by atoms with E-state index < -0.39 is 0 Å². The van der Waals surface area contributed by atoms with E-state index in [0.717, 1.165) is 29.8 Å². The van der Waals surface area contributed by atoms with Crippen LogP contribution in [0.3, 0.4) is 0 Å². The van der Waals surface area contributed by atoms with Crippen LogP contribution in [0, 0.1) is 0 Å². The van der Waals surface area contributed by atoms with Gasteiger partial charge in [-0.3, -0.25) is 4.68 Å². The second-order valence-electron chi connectivity index (χ2n) is 5.35. The molecule has 108 valence electrons. The lowest BCUT2D eigenvalue weighted by Crippen LogP contribution is -2.20. The first-order chi connectivity index (χ1) is 9.29. The highest BCUT2D eigenvalue weighted by molar-refractivity contribution is 7.99. The molecule has 0 radical (unpaired) electrons. The Hall–Kier alpha value is -0.550. The molecular formula is C14H25N3OS. The van der Waals surface area contributed by atoms with Gasteiger partial charge in [0.2, 0.25) is 0 Å². The molecule has 0 saturated heterocycles. The molecular weight excluding hydrogens is 258 g/mol. The van der Waals surface area contributed by atoms with Crippen LogP contribution >= 0.6 is 11.8 Å². The van der Waals surface area contributed by atoms with Crippen LogP contribution in [-0.2, 0) is 13.0 Å². The second-order valence-corrected chi connectivity index (χ2v) is 6.68. The van der Waals surface area contributed by atoms with Crippen LogP contribution in [0.5, 0.6) is 0 Å². The SMILES string of the molecule is CCCn1ncnc1CC(O)CSC1CCCCC1. The Balaban J connectivity index is 1.73. The van der Waals surface area contributed by atoms with E-state index in [4.69, 9.17) is 0 Å². The summed E-state index contributed by atoms with van der Waals surface area (Å²) in [5.41, 5.74) is 0. The van der Waals surface area contributed by atoms with Gasteiger partial charge in [0.05, 0.1) is 6.10 Å². The molecule has 0 amide bonds. The summed E-state index contributed by atoms with van der Waals surface area (Å²) >= 11 is 1.94. The highest BCUT2D eigenvalue weighted by Crippen LogP contribution is 2.28. The number of aromatic nitrogens is 3. The quantitative estimate of drug-likeness (QED) is 0.836. The predicted molar refractivity (Wildman–Crippen MR) is 79.4 cm³/mol. The van der Waals surface area contributed by atoms with Gasteiger partial charge in [0, 0.05) is 24.0 Å². The summed E-state index contributed by atoms with van der Waals surface area (Å²) in [6.07, 6.45) is 9.71. The van der Waals surface area contributed by atoms with Gasteiger partial charge in [-0.15, -0.1) is 0 Å². The van der Waals surface area contributed by atoms with Crippen molar-refractivity contribution >= 4 is 11.8 Å². The van der Waals surface area contributed by atoms with Gasteiger partial charge in [-0.05, 0) is 19.3 Å². The molecule has 1 heterocycles. The number of hydrogen-bond acceptors (Lipinski definition) is 4. The first-order valence-corrected chi connectivity index (χ1v) is 8.50. The third-order valence-corrected chi connectivity index (χ3v) is 5.15. The third kappa shape index (κ3) is 4.80. The van der Waals surface area contributed by atoms with E-state index in [2.05, 4.69) is 17.0 Å². The van der Waals surface area contributed by atoms with Gasteiger partial charge in [-0.25, -0.2) is 4.98 Å². The van der Waals surface area contributed by atoms with E-state index in [0.29, 0.717) is 6.42 Å². The molecule has 0 spiro atoms. The Bertz CT molecular complexity index is 363. The zero-order valence-electron chi connectivity index (χ0n) is 11.8. The molecule has 19 heavy (non-hydrogen) atoms. The van der Waals surface area contributed by atoms with Crippen molar-refractivity contribution in [3.63, 3.8) is 0 Å². The molecule has 1 atom stereocenters. The molecule has 0 bridgehead atoms. The van der Waals surface area contributed by atoms with Crippen LogP contribution in [0.25, 0.3) is 0 Å². The van der Waals surface area contributed by atoms with E-state index in [1.165, 1.54) is 32.1 Å². The normalized spacial score (nSPS) is 18.6. The Labute approximate surface area is 120 Å². The van der Waals surface area contributed by atoms with Crippen LogP contribution in [0.2, 0.25) is 0 Å². The summed E-state index contributed by atoms with van der Waals surface area (Å²) < 4.78 is 1.91. The summed E-state index contributed by atoms with van der Waals surface area (Å²) in [4.78, 5) is 4.25. The van der Waals surface area contributed by atoms with E-state index in [9.17, 15) is 5.11 Å². The fourth-order valence-corrected chi connectivity index (χ4v) is 3.87. The molecule has 1 aromatic heterocycles. The first kappa shape index (κ1) is 14.9. The Morgan fingerprint density at radius 1 is 1.42 bits per heavy atom. The van der Waals surface area contributed by atoms with Gasteiger partial charge in [0.25, 0.3) is 0 Å². The fraction of sp³-hybridized carbons (Fsp3) is 0.857. The van der Waals surface area contributed by atoms with Crippen molar-refractivity contribution in [3.05, 3.63) is 12.2 Å². The summed E-state index contributed by atoms with van der Waals surface area (Å²) in [7, 11) is 0. The molecule has 1 unspecified atom stereocenters. The molecule has 4 nitrogen and oxygen atoms in total. The van der Waals surface area contributed by atoms with E-state index in [1.807, 2.05) is 16.4 Å². The first-order valence-electron chi connectivity index (χ1n) is 7.46. The van der Waals surface area contributed by atoms with Crippen molar-refractivity contribution in [2.45, 2.75) is 69.8 Å². The highest BCUT2D eigenvalue weighted by Gasteiger charge is 2.17. The molecule has 5 heteroatoms. The Morgan fingerprint density at radius 2 is 2.21 bits per heavy atom. The fourth-order valence-electron chi connectivity index (χ4n) is 2.59. The summed E-state index contributed by atoms with van der Waals surface area (Å²) in [5.74, 6) is 1.74. The summed E-state index contributed by atoms with van der Waals surface area (Å²) in [5, 5.41) is 15.1. The lowest BCUT2D eigenvalue weighted by Gasteiger charge is -2.22. The lowest BCUT2D eigenvalue weighted by atomic mass is 10.0. The molecule has 1 aromatic rings. The molecule has 1 fully saturated rings. The number of rotatable bonds is 7. The molecule has 1 aliphatic rings. The predicted octanol–water partition coefficient (Wildman–Crippen LogP) is 2.66. The topological polar surface area (TPSA) is 50.9 Å². The molecule has 2 rings (SSSR count). The Morgan fingerprint density at radius 3 is 2.95 bits per heavy atom. The van der Waals surface area contributed by atoms with Crippen molar-refractivity contribution < 1.29 is 5.11 Å². The van der Waals surface area contributed by atoms with Crippen molar-refractivity contribution in [3.8, 4) is 0 Å². The number of thioether (sulfide) groups is 1. The lowest BCUT2D eigenvalue weighted by molar-refractivity contribution is 0.195. The van der Waals surface area contributed by atoms with Crippen molar-refractivity contribution in [1.82, 2.24) is 14.8 Å². The summed E-state index contributed by atoms with van der Waals surface area (Å²) in [6.45, 7) is 3.01. The van der Waals surface area contributed by atoms with Crippen LogP contribution in [0.15, 0.2) is 6.33 Å². The maximum Gasteiger partial charge on any atom is 0.138 e. The van der Waals surface area contributed by atoms with Crippen LogP contribution in [0.1, 0.15) is 51.3 Å². The average molecular weight is 283 g/mol. The molecule has 1 N–H and O–H groups in total. The smallest absolute Gasteiger partial charge is 0.138 e. The zero-order chi connectivity index (χ0) is 13.5. The number of aliphatic hydroxyl groups excluding tert-OH is 1. The van der Waals surface area contributed by atoms with Crippen LogP contribution in [-0.4, -0.2) is 37.0 Å². The van der Waals surface area contributed by atoms with Crippen LogP contribution < -0.4 is 0 Å². The zero-order valence-corrected chi connectivity index (χ0v) is 12.6. The second kappa shape index (κ2) is 7.90. The van der Waals surface area contributed by atoms with Crippen molar-refractivity contribution in [1.29, 1.82) is 0 Å². The largest absolute Gasteiger partial charge is 0.392 e. The maximum absolute atomic E-state index is 10.1. The number of nitrogens with zero attached hydrogens (tertiary/aromatic N) is 3. The molecule has 0 aliphatic heterocycles. The minimum atomic E-state index is -0.299. The standard InChI is InChI=1S/C14H25N3OS/c1-2-8-17-14(15-11-16-17)9-12(18)10-19-13-6-4-3-5-7-13/h11-13,18H,2-10H2,1H3. The number of aryl methyl sites for hydroxylation is 1. The minimum Gasteiger partial charge on any atom is -0.392 e. The van der Waals surface area contributed by atoms with Gasteiger partial charge in [-0.1, -0.05) is 26.2 Å². The van der Waals surface area contributed by atoms with Crippen LogP contribution in [0.4, 0.5) is 0 Å². The van der Waals surface area contributed by atoms with E-state index in [1.54, 1.807) is 6.33 Å². The van der Waals surface area contributed by atoms with E-state index >= 15 is 0 Å². The van der Waals surface area contributed by atoms with Crippen molar-refractivity contribution in [2.75, 3.05) is 5.75 Å². The number of hydrogen-bond donors (Lipinski definition) is 1. The van der Waals surface area contributed by atoms with Gasteiger partial charge in [-0.2, -0.15) is 16.9 Å². The third-order valence-electron chi connectivity index (χ3n) is 3.63. The van der Waals surface area contributed by atoms with Gasteiger partial charge in [0.1, 0.15) is 12.2 Å².